The molecule has 8 heteroatoms. The second-order valence-electron chi connectivity index (χ2n) is 9.82. The van der Waals surface area contributed by atoms with Gasteiger partial charge in [0.05, 0.1) is 11.9 Å². The quantitative estimate of drug-likeness (QED) is 0.451. The Balaban J connectivity index is 2.25. The van der Waals surface area contributed by atoms with Crippen molar-refractivity contribution in [3.05, 3.63) is 64.7 Å². The lowest BCUT2D eigenvalue weighted by molar-refractivity contribution is -0.141. The molecule has 198 valence electrons. The first-order chi connectivity index (χ1) is 16.8. The van der Waals surface area contributed by atoms with Crippen LogP contribution in [0.1, 0.15) is 62.3 Å². The fourth-order valence-electron chi connectivity index (χ4n) is 4.37. The van der Waals surface area contributed by atoms with Gasteiger partial charge in [-0.15, -0.1) is 0 Å². The zero-order valence-corrected chi connectivity index (χ0v) is 23.5. The lowest BCUT2D eigenvalue weighted by atomic mass is 10.0. The Morgan fingerprint density at radius 1 is 1.00 bits per heavy atom. The third-order valence-corrected chi connectivity index (χ3v) is 7.26. The van der Waals surface area contributed by atoms with Gasteiger partial charge in [0.1, 0.15) is 6.04 Å². The van der Waals surface area contributed by atoms with Crippen molar-refractivity contribution in [1.82, 2.24) is 10.2 Å². The van der Waals surface area contributed by atoms with Gasteiger partial charge in [-0.05, 0) is 81.8 Å². The second-order valence-corrected chi connectivity index (χ2v) is 11.7. The van der Waals surface area contributed by atoms with E-state index in [1.54, 1.807) is 4.90 Å². The summed E-state index contributed by atoms with van der Waals surface area (Å²) in [4.78, 5) is 28.1. The van der Waals surface area contributed by atoms with E-state index in [1.165, 1.54) is 10.6 Å². The van der Waals surface area contributed by atoms with Crippen LogP contribution in [0.5, 0.6) is 0 Å². The van der Waals surface area contributed by atoms with Crippen LogP contribution in [-0.4, -0.2) is 50.0 Å². The first-order valence-corrected chi connectivity index (χ1v) is 14.4. The van der Waals surface area contributed by atoms with Crippen molar-refractivity contribution in [2.75, 3.05) is 17.1 Å². The van der Waals surface area contributed by atoms with Crippen molar-refractivity contribution >= 4 is 27.5 Å². The number of aryl methyl sites for hydroxylation is 3. The largest absolute Gasteiger partial charge is 0.352 e. The normalized spacial score (nSPS) is 12.3. The Kier molecular flexibility index (Phi) is 10.5. The molecule has 1 unspecified atom stereocenters. The van der Waals surface area contributed by atoms with Crippen LogP contribution in [0.2, 0.25) is 0 Å². The molecule has 0 aliphatic rings. The summed E-state index contributed by atoms with van der Waals surface area (Å²) in [7, 11) is -3.53. The lowest BCUT2D eigenvalue weighted by Crippen LogP contribution is -2.50. The molecule has 0 aliphatic heterocycles. The number of nitrogens with zero attached hydrogens (tertiary/aromatic N) is 2. The van der Waals surface area contributed by atoms with Gasteiger partial charge in [-0.1, -0.05) is 37.3 Å². The summed E-state index contributed by atoms with van der Waals surface area (Å²) in [6.07, 6.45) is 2.13. The Morgan fingerprint density at radius 3 is 2.14 bits per heavy atom. The average Bonchev–Trinajstić information content (AvgIpc) is 2.75. The van der Waals surface area contributed by atoms with Crippen molar-refractivity contribution in [3.8, 4) is 0 Å². The molecule has 0 spiro atoms. The molecule has 0 heterocycles. The van der Waals surface area contributed by atoms with Gasteiger partial charge in [0.15, 0.2) is 0 Å². The van der Waals surface area contributed by atoms with E-state index in [0.29, 0.717) is 25.1 Å². The van der Waals surface area contributed by atoms with Crippen LogP contribution >= 0.6 is 0 Å². The van der Waals surface area contributed by atoms with E-state index in [1.807, 2.05) is 84.0 Å². The third kappa shape index (κ3) is 8.36. The van der Waals surface area contributed by atoms with Gasteiger partial charge in [0, 0.05) is 25.6 Å². The van der Waals surface area contributed by atoms with E-state index in [-0.39, 0.29) is 30.8 Å². The van der Waals surface area contributed by atoms with Crippen molar-refractivity contribution in [1.29, 1.82) is 0 Å². The van der Waals surface area contributed by atoms with E-state index < -0.39 is 16.1 Å². The Morgan fingerprint density at radius 2 is 1.61 bits per heavy atom. The zero-order valence-electron chi connectivity index (χ0n) is 22.7. The predicted octanol–water partition coefficient (Wildman–Crippen LogP) is 4.49. The number of carbonyl (C=O) groups is 2. The van der Waals surface area contributed by atoms with Gasteiger partial charge in [-0.2, -0.15) is 0 Å². The summed E-state index contributed by atoms with van der Waals surface area (Å²) in [6, 6.07) is 12.8. The number of benzene rings is 2. The topological polar surface area (TPSA) is 86.8 Å². The first kappa shape index (κ1) is 29.4. The lowest BCUT2D eigenvalue weighted by Gasteiger charge is -2.32. The molecule has 2 aromatic rings. The maximum absolute atomic E-state index is 13.5. The highest BCUT2D eigenvalue weighted by Gasteiger charge is 2.29. The van der Waals surface area contributed by atoms with Crippen molar-refractivity contribution in [2.24, 2.45) is 0 Å². The molecular weight excluding hydrogens is 474 g/mol. The van der Waals surface area contributed by atoms with Gasteiger partial charge in [0.2, 0.25) is 21.8 Å². The van der Waals surface area contributed by atoms with Crippen LogP contribution in [0.15, 0.2) is 42.5 Å². The Bertz CT molecular complexity index is 1140. The summed E-state index contributed by atoms with van der Waals surface area (Å²) in [5.41, 5.74) is 4.58. The van der Waals surface area contributed by atoms with Crippen LogP contribution < -0.4 is 9.62 Å². The zero-order chi connectivity index (χ0) is 27.0. The second kappa shape index (κ2) is 12.9. The van der Waals surface area contributed by atoms with E-state index in [9.17, 15) is 18.0 Å². The van der Waals surface area contributed by atoms with Gasteiger partial charge < -0.3 is 10.2 Å². The number of carbonyl (C=O) groups excluding carboxylic acids is 2. The number of anilines is 1. The minimum atomic E-state index is -3.53. The molecule has 0 radical (unpaired) electrons. The number of hydrogen-bond donors (Lipinski definition) is 1. The van der Waals surface area contributed by atoms with Crippen molar-refractivity contribution in [2.45, 2.75) is 79.4 Å². The molecule has 36 heavy (non-hydrogen) atoms. The molecule has 0 saturated carbocycles. The minimum absolute atomic E-state index is 0.0388. The molecule has 2 aromatic carbocycles. The van der Waals surface area contributed by atoms with Gasteiger partial charge in [-0.3, -0.25) is 13.9 Å². The molecule has 1 N–H and O–H groups in total. The van der Waals surface area contributed by atoms with E-state index >= 15 is 0 Å². The van der Waals surface area contributed by atoms with Crippen LogP contribution in [0.3, 0.4) is 0 Å². The summed E-state index contributed by atoms with van der Waals surface area (Å²) in [5.74, 6) is -0.347. The maximum Gasteiger partial charge on any atom is 0.243 e. The van der Waals surface area contributed by atoms with Gasteiger partial charge in [0.25, 0.3) is 0 Å². The smallest absolute Gasteiger partial charge is 0.243 e. The van der Waals surface area contributed by atoms with Crippen LogP contribution in [0, 0.1) is 20.8 Å². The molecule has 0 aromatic heterocycles. The average molecular weight is 516 g/mol. The fourth-order valence-corrected chi connectivity index (χ4v) is 5.32. The standard InChI is InChI=1S/C28H41N3O4S/c1-8-26(28(33)29-20(2)3)30(19-24-13-10-9-12-23(24)6)27(32)14-11-15-31(36(7,34)35)25-17-21(4)16-22(5)18-25/h9-10,12-13,16-18,20,26H,8,11,14-15,19H2,1-7H3,(H,29,33). The molecule has 2 amide bonds. The predicted molar refractivity (Wildman–Crippen MR) is 146 cm³/mol. The van der Waals surface area contributed by atoms with Crippen LogP contribution in [0.4, 0.5) is 5.69 Å². The molecule has 1 atom stereocenters. The maximum atomic E-state index is 13.5. The minimum Gasteiger partial charge on any atom is -0.352 e. The van der Waals surface area contributed by atoms with E-state index in [0.717, 1.165) is 22.3 Å². The monoisotopic (exact) mass is 515 g/mol. The first-order valence-electron chi connectivity index (χ1n) is 12.5. The molecule has 0 saturated heterocycles. The van der Waals surface area contributed by atoms with Gasteiger partial charge >= 0.3 is 0 Å². The van der Waals surface area contributed by atoms with E-state index in [4.69, 9.17) is 0 Å². The van der Waals surface area contributed by atoms with Crippen molar-refractivity contribution < 1.29 is 18.0 Å². The molecular formula is C28H41N3O4S. The molecule has 0 fully saturated rings. The highest BCUT2D eigenvalue weighted by molar-refractivity contribution is 7.92. The van der Waals surface area contributed by atoms with Gasteiger partial charge in [-0.25, -0.2) is 8.42 Å². The number of sulfonamides is 1. The Hall–Kier alpha value is -2.87. The number of rotatable bonds is 12. The van der Waals surface area contributed by atoms with E-state index in [2.05, 4.69) is 5.32 Å². The summed E-state index contributed by atoms with van der Waals surface area (Å²) >= 11 is 0. The van der Waals surface area contributed by atoms with Crippen molar-refractivity contribution in [3.63, 3.8) is 0 Å². The summed E-state index contributed by atoms with van der Waals surface area (Å²) in [6.45, 7) is 12.0. The number of hydrogen-bond acceptors (Lipinski definition) is 4. The molecule has 7 nitrogen and oxygen atoms in total. The molecule has 0 bridgehead atoms. The highest BCUT2D eigenvalue weighted by atomic mass is 32.2. The summed E-state index contributed by atoms with van der Waals surface area (Å²) < 4.78 is 26.5. The number of nitrogens with one attached hydrogen (secondary N) is 1. The third-order valence-electron chi connectivity index (χ3n) is 6.07. The van der Waals surface area contributed by atoms with Crippen LogP contribution in [0.25, 0.3) is 0 Å². The molecule has 0 aliphatic carbocycles. The summed E-state index contributed by atoms with van der Waals surface area (Å²) in [5, 5.41) is 2.94. The SMILES string of the molecule is CCC(C(=O)NC(C)C)N(Cc1ccccc1C)C(=O)CCCN(c1cc(C)cc(C)c1)S(C)(=O)=O. The van der Waals surface area contributed by atoms with Crippen LogP contribution in [-0.2, 0) is 26.2 Å². The highest BCUT2D eigenvalue weighted by Crippen LogP contribution is 2.23. The molecule has 2 rings (SSSR count). The Labute approximate surface area is 216 Å². The fraction of sp³-hybridized carbons (Fsp3) is 0.500. The number of amides is 2.